The van der Waals surface area contributed by atoms with Gasteiger partial charge >= 0.3 is 6.18 Å². The number of carbonyl (C=O) groups is 1. The molecular formula is C18H15F3N4O3S. The second kappa shape index (κ2) is 7.01. The zero-order chi connectivity index (χ0) is 21.4. The highest BCUT2D eigenvalue weighted by Gasteiger charge is 2.46. The van der Waals surface area contributed by atoms with Crippen LogP contribution in [0.3, 0.4) is 0 Å². The van der Waals surface area contributed by atoms with Gasteiger partial charge in [-0.15, -0.1) is 0 Å². The summed E-state index contributed by atoms with van der Waals surface area (Å²) in [4.78, 5) is 12.5. The average molecular weight is 424 g/mol. The van der Waals surface area contributed by atoms with E-state index in [1.165, 1.54) is 24.3 Å². The van der Waals surface area contributed by atoms with Gasteiger partial charge in [0.2, 0.25) is 15.9 Å². The topological polar surface area (TPSA) is 132 Å². The number of aromatic nitrogens is 2. The molecule has 0 radical (unpaired) electrons. The van der Waals surface area contributed by atoms with Gasteiger partial charge in [-0.1, -0.05) is 42.5 Å². The van der Waals surface area contributed by atoms with Gasteiger partial charge in [-0.05, 0) is 29.3 Å². The monoisotopic (exact) mass is 424 g/mol. The summed E-state index contributed by atoms with van der Waals surface area (Å²) in [7, 11) is -4.01. The molecule has 1 unspecified atom stereocenters. The Labute approximate surface area is 163 Å². The molecule has 0 saturated carbocycles. The van der Waals surface area contributed by atoms with Gasteiger partial charge in [0.15, 0.2) is 5.69 Å². The summed E-state index contributed by atoms with van der Waals surface area (Å²) >= 11 is 0. The van der Waals surface area contributed by atoms with Crippen molar-refractivity contribution in [1.82, 2.24) is 10.2 Å². The van der Waals surface area contributed by atoms with E-state index in [-0.39, 0.29) is 21.7 Å². The number of nitrogens with one attached hydrogen (secondary N) is 1. The van der Waals surface area contributed by atoms with Crippen LogP contribution in [0.1, 0.15) is 22.5 Å². The van der Waals surface area contributed by atoms with Crippen molar-refractivity contribution in [2.75, 3.05) is 0 Å². The van der Waals surface area contributed by atoms with Gasteiger partial charge in [0.05, 0.1) is 10.6 Å². The minimum atomic E-state index is -4.74. The summed E-state index contributed by atoms with van der Waals surface area (Å²) in [5, 5.41) is 10.6. The van der Waals surface area contributed by atoms with Crippen molar-refractivity contribution >= 4 is 15.9 Å². The molecule has 0 aliphatic carbocycles. The van der Waals surface area contributed by atoms with Crippen LogP contribution in [0.5, 0.6) is 0 Å². The van der Waals surface area contributed by atoms with E-state index in [2.05, 4.69) is 10.2 Å². The fourth-order valence-electron chi connectivity index (χ4n) is 3.14. The Morgan fingerprint density at radius 2 is 1.52 bits per heavy atom. The SMILES string of the molecule is NC(=O)C(c1ccccc1)(c1ccc(S(N)(=O)=O)cc1)c1cc(C(F)(F)F)n[nH]1. The molecular weight excluding hydrogens is 409 g/mol. The van der Waals surface area contributed by atoms with Gasteiger partial charge in [0, 0.05) is 0 Å². The maximum Gasteiger partial charge on any atom is 0.435 e. The number of benzene rings is 2. The normalized spacial score (nSPS) is 14.3. The van der Waals surface area contributed by atoms with E-state index in [0.717, 1.165) is 12.1 Å². The fraction of sp³-hybridized carbons (Fsp3) is 0.111. The number of rotatable bonds is 5. The molecule has 0 saturated heterocycles. The minimum Gasteiger partial charge on any atom is -0.368 e. The number of aromatic amines is 1. The van der Waals surface area contributed by atoms with E-state index in [9.17, 15) is 26.4 Å². The van der Waals surface area contributed by atoms with E-state index in [1.54, 1.807) is 18.2 Å². The van der Waals surface area contributed by atoms with Crippen molar-refractivity contribution in [3.63, 3.8) is 0 Å². The second-order valence-corrected chi connectivity index (χ2v) is 7.78. The van der Waals surface area contributed by atoms with Crippen LogP contribution in [0, 0.1) is 0 Å². The number of hydrogen-bond donors (Lipinski definition) is 3. The molecule has 1 aromatic heterocycles. The predicted octanol–water partition coefficient (Wildman–Crippen LogP) is 1.90. The third kappa shape index (κ3) is 3.61. The van der Waals surface area contributed by atoms with Crippen molar-refractivity contribution in [2.24, 2.45) is 10.9 Å². The molecule has 0 bridgehead atoms. The largest absolute Gasteiger partial charge is 0.435 e. The van der Waals surface area contributed by atoms with Crippen molar-refractivity contribution in [1.29, 1.82) is 0 Å². The number of nitrogens with zero attached hydrogens (tertiary/aromatic N) is 1. The lowest BCUT2D eigenvalue weighted by atomic mass is 9.71. The Morgan fingerprint density at radius 3 is 1.97 bits per heavy atom. The highest BCUT2D eigenvalue weighted by molar-refractivity contribution is 7.89. The van der Waals surface area contributed by atoms with Gasteiger partial charge in [-0.3, -0.25) is 9.89 Å². The highest BCUT2D eigenvalue weighted by Crippen LogP contribution is 2.40. The molecule has 0 fully saturated rings. The lowest BCUT2D eigenvalue weighted by molar-refractivity contribution is -0.141. The molecule has 2 aromatic carbocycles. The standard InChI is InChI=1S/C18H15F3N4O3S/c19-18(20,21)15-10-14(24-25-15)17(16(22)26,11-4-2-1-3-5-11)12-6-8-13(9-7-12)29(23,27)28/h1-10H,(H2,22,26)(H,24,25)(H2,23,27,28). The first-order valence-electron chi connectivity index (χ1n) is 8.09. The number of halogens is 3. The number of sulfonamides is 1. The quantitative estimate of drug-likeness (QED) is 0.577. The highest BCUT2D eigenvalue weighted by atomic mass is 32.2. The van der Waals surface area contributed by atoms with Crippen molar-refractivity contribution in [2.45, 2.75) is 16.5 Å². The average Bonchev–Trinajstić information content (AvgIpc) is 3.13. The number of carbonyl (C=O) groups excluding carboxylic acids is 1. The van der Waals surface area contributed by atoms with E-state index in [4.69, 9.17) is 10.9 Å². The molecule has 3 aromatic rings. The first-order valence-corrected chi connectivity index (χ1v) is 9.64. The Bertz CT molecular complexity index is 1140. The zero-order valence-corrected chi connectivity index (χ0v) is 15.5. The number of primary sulfonamides is 1. The summed E-state index contributed by atoms with van der Waals surface area (Å²) < 4.78 is 62.4. The molecule has 7 nitrogen and oxygen atoms in total. The van der Waals surface area contributed by atoms with E-state index in [1.807, 2.05) is 0 Å². The lowest BCUT2D eigenvalue weighted by Crippen LogP contribution is -2.43. The van der Waals surface area contributed by atoms with Crippen LogP contribution in [0.4, 0.5) is 13.2 Å². The van der Waals surface area contributed by atoms with Crippen LogP contribution in [0.25, 0.3) is 0 Å². The molecule has 1 heterocycles. The van der Waals surface area contributed by atoms with Gasteiger partial charge in [0.1, 0.15) is 5.41 Å². The second-order valence-electron chi connectivity index (χ2n) is 6.21. The van der Waals surface area contributed by atoms with Crippen molar-refractivity contribution < 1.29 is 26.4 Å². The lowest BCUT2D eigenvalue weighted by Gasteiger charge is -2.30. The Balaban J connectivity index is 2.32. The Hall–Kier alpha value is -3.18. The Morgan fingerprint density at radius 1 is 0.966 bits per heavy atom. The first kappa shape index (κ1) is 20.6. The van der Waals surface area contributed by atoms with Crippen LogP contribution in [-0.2, 0) is 26.4 Å². The smallest absolute Gasteiger partial charge is 0.368 e. The number of hydrogen-bond acceptors (Lipinski definition) is 4. The molecule has 0 aliphatic heterocycles. The predicted molar refractivity (Wildman–Crippen MR) is 96.9 cm³/mol. The summed E-state index contributed by atoms with van der Waals surface area (Å²) in [5.74, 6) is -0.982. The Kier molecular flexibility index (Phi) is 4.97. The molecule has 0 aliphatic rings. The number of primary amides is 1. The van der Waals surface area contributed by atoms with Crippen molar-refractivity contribution in [3.05, 3.63) is 83.2 Å². The summed E-state index contributed by atoms with van der Waals surface area (Å²) in [5.41, 5.74) is 2.79. The third-order valence-corrected chi connectivity index (χ3v) is 5.39. The molecule has 1 amide bonds. The van der Waals surface area contributed by atoms with E-state index < -0.39 is 33.2 Å². The fourth-order valence-corrected chi connectivity index (χ4v) is 3.65. The molecule has 5 N–H and O–H groups in total. The maximum absolute atomic E-state index is 13.1. The minimum absolute atomic E-state index is 0.140. The van der Waals surface area contributed by atoms with E-state index >= 15 is 0 Å². The van der Waals surface area contributed by atoms with Crippen LogP contribution >= 0.6 is 0 Å². The van der Waals surface area contributed by atoms with Crippen LogP contribution in [0.2, 0.25) is 0 Å². The summed E-state index contributed by atoms with van der Waals surface area (Å²) in [6.45, 7) is 0. The summed E-state index contributed by atoms with van der Waals surface area (Å²) in [6, 6.07) is 13.4. The van der Waals surface area contributed by atoms with E-state index in [0.29, 0.717) is 6.07 Å². The molecule has 3 rings (SSSR count). The summed E-state index contributed by atoms with van der Waals surface area (Å²) in [6.07, 6.45) is -4.74. The van der Waals surface area contributed by atoms with Crippen LogP contribution < -0.4 is 10.9 Å². The molecule has 1 atom stereocenters. The number of H-pyrrole nitrogens is 1. The van der Waals surface area contributed by atoms with Gasteiger partial charge in [0.25, 0.3) is 0 Å². The number of nitrogens with two attached hydrogens (primary N) is 2. The van der Waals surface area contributed by atoms with Gasteiger partial charge in [-0.2, -0.15) is 18.3 Å². The molecule has 29 heavy (non-hydrogen) atoms. The van der Waals surface area contributed by atoms with Crippen LogP contribution in [0.15, 0.2) is 65.6 Å². The third-order valence-electron chi connectivity index (χ3n) is 4.46. The molecule has 152 valence electrons. The van der Waals surface area contributed by atoms with Gasteiger partial charge in [-0.25, -0.2) is 13.6 Å². The maximum atomic E-state index is 13.1. The first-order chi connectivity index (χ1) is 13.5. The van der Waals surface area contributed by atoms with Crippen LogP contribution in [-0.4, -0.2) is 24.5 Å². The molecule has 0 spiro atoms. The van der Waals surface area contributed by atoms with Gasteiger partial charge < -0.3 is 5.73 Å². The zero-order valence-electron chi connectivity index (χ0n) is 14.6. The van der Waals surface area contributed by atoms with Crippen molar-refractivity contribution in [3.8, 4) is 0 Å². The number of alkyl halides is 3. The number of amides is 1. The molecule has 11 heteroatoms.